The van der Waals surface area contributed by atoms with E-state index in [9.17, 15) is 0 Å². The van der Waals surface area contributed by atoms with Gasteiger partial charge in [0.1, 0.15) is 0 Å². The van der Waals surface area contributed by atoms with Gasteiger partial charge in [-0.1, -0.05) is 0 Å². The molecule has 4 N–H and O–H groups in total. The SMILES string of the molecule is CB(O)NCCCOCCCCOCCCN. The molecule has 0 aromatic heterocycles. The summed E-state index contributed by atoms with van der Waals surface area (Å²) in [5.74, 6) is 0. The van der Waals surface area contributed by atoms with Crippen molar-refractivity contribution in [1.82, 2.24) is 5.23 Å². The Kier molecular flexibility index (Phi) is 13.8. The molecule has 0 aromatic rings. The molecule has 5 nitrogen and oxygen atoms in total. The second-order valence-corrected chi connectivity index (χ2v) is 4.06. The lowest BCUT2D eigenvalue weighted by atomic mass is 9.89. The van der Waals surface area contributed by atoms with Crippen LogP contribution in [0, 0.1) is 0 Å². The number of rotatable bonds is 13. The fourth-order valence-electron chi connectivity index (χ4n) is 1.28. The molecule has 0 aliphatic heterocycles. The molecule has 0 rings (SSSR count). The number of unbranched alkanes of at least 4 members (excludes halogenated alkanes) is 1. The summed E-state index contributed by atoms with van der Waals surface area (Å²) in [5.41, 5.74) is 5.35. The number of ether oxygens (including phenoxy) is 2. The Labute approximate surface area is 105 Å². The summed E-state index contributed by atoms with van der Waals surface area (Å²) in [6.07, 6.45) is 3.94. The van der Waals surface area contributed by atoms with Gasteiger partial charge in [-0.15, -0.1) is 0 Å². The van der Waals surface area contributed by atoms with Crippen molar-refractivity contribution in [3.63, 3.8) is 0 Å². The van der Waals surface area contributed by atoms with Crippen LogP contribution in [0.5, 0.6) is 0 Å². The van der Waals surface area contributed by atoms with E-state index in [1.165, 1.54) is 0 Å². The van der Waals surface area contributed by atoms with Crippen molar-refractivity contribution in [3.8, 4) is 0 Å². The highest BCUT2D eigenvalue weighted by molar-refractivity contribution is 6.45. The van der Waals surface area contributed by atoms with Crippen molar-refractivity contribution in [2.45, 2.75) is 32.5 Å². The highest BCUT2D eigenvalue weighted by atomic mass is 16.5. The molecule has 0 aliphatic carbocycles. The highest BCUT2D eigenvalue weighted by Gasteiger charge is 1.99. The second-order valence-electron chi connectivity index (χ2n) is 4.06. The average Bonchev–Trinajstić information content (AvgIpc) is 2.30. The summed E-state index contributed by atoms with van der Waals surface area (Å²) in [5, 5.41) is 11.9. The summed E-state index contributed by atoms with van der Waals surface area (Å²) >= 11 is 0. The predicted octanol–water partition coefficient (Wildman–Crippen LogP) is 0.239. The standard InChI is InChI=1S/C11H27BN2O3/c1-12(15)14-7-5-11-17-9-3-2-8-16-10-4-6-13/h14-15H,2-11,13H2,1H3. The van der Waals surface area contributed by atoms with Gasteiger partial charge in [0.05, 0.1) is 0 Å². The van der Waals surface area contributed by atoms with Gasteiger partial charge in [-0.05, 0) is 45.6 Å². The molecule has 0 saturated heterocycles. The van der Waals surface area contributed by atoms with Crippen molar-refractivity contribution in [1.29, 1.82) is 0 Å². The maximum atomic E-state index is 8.94. The molecule has 0 unspecified atom stereocenters. The molecule has 0 radical (unpaired) electrons. The highest BCUT2D eigenvalue weighted by Crippen LogP contribution is 1.93. The Morgan fingerprint density at radius 1 is 1.00 bits per heavy atom. The van der Waals surface area contributed by atoms with E-state index in [0.29, 0.717) is 6.54 Å². The van der Waals surface area contributed by atoms with Gasteiger partial charge in [-0.3, -0.25) is 0 Å². The number of nitrogens with one attached hydrogen (secondary N) is 1. The van der Waals surface area contributed by atoms with Crippen molar-refractivity contribution in [3.05, 3.63) is 0 Å². The molecular formula is C11H27BN2O3. The van der Waals surface area contributed by atoms with E-state index in [1.54, 1.807) is 6.82 Å². The molecule has 0 aromatic carbocycles. The topological polar surface area (TPSA) is 76.7 Å². The minimum Gasteiger partial charge on any atom is -0.437 e. The Hall–Kier alpha value is -0.135. The van der Waals surface area contributed by atoms with E-state index >= 15 is 0 Å². The summed E-state index contributed by atoms with van der Waals surface area (Å²) < 4.78 is 10.8. The quantitative estimate of drug-likeness (QED) is 0.320. The van der Waals surface area contributed by atoms with Gasteiger partial charge in [0.25, 0.3) is 0 Å². The zero-order valence-corrected chi connectivity index (χ0v) is 11.0. The zero-order chi connectivity index (χ0) is 12.8. The first-order chi connectivity index (χ1) is 8.27. The van der Waals surface area contributed by atoms with Crippen LogP contribution in [-0.4, -0.2) is 51.6 Å². The predicted molar refractivity (Wildman–Crippen MR) is 71.0 cm³/mol. The van der Waals surface area contributed by atoms with Crippen molar-refractivity contribution >= 4 is 7.05 Å². The van der Waals surface area contributed by atoms with E-state index in [-0.39, 0.29) is 0 Å². The van der Waals surface area contributed by atoms with E-state index in [0.717, 1.165) is 58.7 Å². The number of hydrogen-bond acceptors (Lipinski definition) is 5. The lowest BCUT2D eigenvalue weighted by Gasteiger charge is -2.06. The maximum absolute atomic E-state index is 8.94. The number of hydrogen-bond donors (Lipinski definition) is 3. The minimum absolute atomic E-state index is 0.430. The summed E-state index contributed by atoms with van der Waals surface area (Å²) in [4.78, 5) is 0. The third-order valence-electron chi connectivity index (χ3n) is 2.23. The first kappa shape index (κ1) is 16.9. The zero-order valence-electron chi connectivity index (χ0n) is 11.0. The van der Waals surface area contributed by atoms with Gasteiger partial charge in [0, 0.05) is 26.4 Å². The van der Waals surface area contributed by atoms with Crippen molar-refractivity contribution < 1.29 is 14.5 Å². The van der Waals surface area contributed by atoms with Crippen LogP contribution in [0.3, 0.4) is 0 Å². The fourth-order valence-corrected chi connectivity index (χ4v) is 1.28. The van der Waals surface area contributed by atoms with Gasteiger partial charge in [0.15, 0.2) is 0 Å². The molecule has 102 valence electrons. The largest absolute Gasteiger partial charge is 0.437 e. The van der Waals surface area contributed by atoms with Crippen LogP contribution in [0.1, 0.15) is 25.7 Å². The summed E-state index contributed by atoms with van der Waals surface area (Å²) in [6, 6.07) is 0. The second kappa shape index (κ2) is 13.9. The molecule has 0 bridgehead atoms. The number of nitrogens with two attached hydrogens (primary N) is 1. The molecule has 17 heavy (non-hydrogen) atoms. The Morgan fingerprint density at radius 3 is 2.06 bits per heavy atom. The normalized spacial score (nSPS) is 10.8. The smallest absolute Gasteiger partial charge is 0.373 e. The molecule has 0 heterocycles. The lowest BCUT2D eigenvalue weighted by molar-refractivity contribution is 0.102. The Bertz CT molecular complexity index is 151. The van der Waals surface area contributed by atoms with Gasteiger partial charge in [-0.2, -0.15) is 0 Å². The van der Waals surface area contributed by atoms with E-state index < -0.39 is 7.05 Å². The third-order valence-corrected chi connectivity index (χ3v) is 2.23. The van der Waals surface area contributed by atoms with Gasteiger partial charge < -0.3 is 25.5 Å². The van der Waals surface area contributed by atoms with Gasteiger partial charge in [-0.25, -0.2) is 0 Å². The van der Waals surface area contributed by atoms with Crippen LogP contribution in [0.15, 0.2) is 0 Å². The molecule has 0 spiro atoms. The van der Waals surface area contributed by atoms with E-state index in [4.69, 9.17) is 20.2 Å². The molecule has 0 aliphatic rings. The Morgan fingerprint density at radius 2 is 1.53 bits per heavy atom. The van der Waals surface area contributed by atoms with Crippen LogP contribution < -0.4 is 11.0 Å². The van der Waals surface area contributed by atoms with Gasteiger partial charge in [0.2, 0.25) is 0 Å². The van der Waals surface area contributed by atoms with Crippen LogP contribution in [0.25, 0.3) is 0 Å². The third kappa shape index (κ3) is 15.9. The first-order valence-corrected chi connectivity index (χ1v) is 6.54. The first-order valence-electron chi connectivity index (χ1n) is 6.54. The Balaban J connectivity index is 2.89. The van der Waals surface area contributed by atoms with Crippen molar-refractivity contribution in [2.75, 3.05) is 39.5 Å². The molecule has 0 atom stereocenters. The minimum atomic E-state index is -0.430. The van der Waals surface area contributed by atoms with Crippen LogP contribution in [0.4, 0.5) is 0 Å². The summed E-state index contributed by atoms with van der Waals surface area (Å²) in [7, 11) is -0.430. The van der Waals surface area contributed by atoms with E-state index in [2.05, 4.69) is 5.23 Å². The molecule has 0 fully saturated rings. The van der Waals surface area contributed by atoms with Crippen LogP contribution in [0.2, 0.25) is 6.82 Å². The summed E-state index contributed by atoms with van der Waals surface area (Å²) in [6.45, 7) is 6.30. The molecule has 6 heteroatoms. The maximum Gasteiger partial charge on any atom is 0.373 e. The van der Waals surface area contributed by atoms with Gasteiger partial charge >= 0.3 is 7.05 Å². The van der Waals surface area contributed by atoms with Crippen molar-refractivity contribution in [2.24, 2.45) is 5.73 Å². The fraction of sp³-hybridized carbons (Fsp3) is 1.00. The lowest BCUT2D eigenvalue weighted by Crippen LogP contribution is -2.31. The molecule has 0 saturated carbocycles. The average molecular weight is 246 g/mol. The van der Waals surface area contributed by atoms with Crippen LogP contribution in [-0.2, 0) is 9.47 Å². The molecule has 0 amide bonds. The van der Waals surface area contributed by atoms with Crippen LogP contribution >= 0.6 is 0 Å². The van der Waals surface area contributed by atoms with E-state index in [1.807, 2.05) is 0 Å². The molecular weight excluding hydrogens is 219 g/mol. The monoisotopic (exact) mass is 246 g/mol.